The van der Waals surface area contributed by atoms with Gasteiger partial charge < -0.3 is 0 Å². The van der Waals surface area contributed by atoms with Gasteiger partial charge in [-0.25, -0.2) is 0 Å². The van der Waals surface area contributed by atoms with Gasteiger partial charge in [-0.15, -0.1) is 0 Å². The highest BCUT2D eigenvalue weighted by molar-refractivity contribution is 5.82. The second kappa shape index (κ2) is 6.69. The van der Waals surface area contributed by atoms with E-state index < -0.39 is 0 Å². The monoisotopic (exact) mass is 256 g/mol. The zero-order valence-electron chi connectivity index (χ0n) is 11.9. The molecule has 2 aromatic carbocycles. The van der Waals surface area contributed by atoms with E-state index >= 15 is 0 Å². The van der Waals surface area contributed by atoms with E-state index in [0.29, 0.717) is 12.0 Å². The van der Waals surface area contributed by atoms with Crippen LogP contribution in [0.2, 0.25) is 0 Å². The summed E-state index contributed by atoms with van der Waals surface area (Å²) in [4.78, 5) is 0. The van der Waals surface area contributed by atoms with Crippen LogP contribution in [0.1, 0.15) is 32.3 Å². The van der Waals surface area contributed by atoms with Crippen LogP contribution < -0.4 is 11.3 Å². The summed E-state index contributed by atoms with van der Waals surface area (Å²) in [6.07, 6.45) is 3.32. The number of fused-ring (bicyclic) bond motifs is 1. The lowest BCUT2D eigenvalue weighted by Gasteiger charge is -2.24. The SMILES string of the molecule is CCC(CC)C(Cc1ccc2ccccc2c1)NN. The van der Waals surface area contributed by atoms with Gasteiger partial charge in [-0.05, 0) is 28.7 Å². The lowest BCUT2D eigenvalue weighted by atomic mass is 9.89. The van der Waals surface area contributed by atoms with E-state index in [1.807, 2.05) is 0 Å². The van der Waals surface area contributed by atoms with Crippen LogP contribution in [0, 0.1) is 5.92 Å². The molecule has 2 heteroatoms. The van der Waals surface area contributed by atoms with Gasteiger partial charge in [0, 0.05) is 6.04 Å². The van der Waals surface area contributed by atoms with Gasteiger partial charge in [-0.3, -0.25) is 11.3 Å². The van der Waals surface area contributed by atoms with E-state index in [9.17, 15) is 0 Å². The van der Waals surface area contributed by atoms with E-state index in [4.69, 9.17) is 5.84 Å². The molecular weight excluding hydrogens is 232 g/mol. The Labute approximate surface area is 116 Å². The molecule has 0 heterocycles. The fraction of sp³-hybridized carbons (Fsp3) is 0.412. The molecule has 0 bridgehead atoms. The van der Waals surface area contributed by atoms with Crippen molar-refractivity contribution in [1.29, 1.82) is 0 Å². The zero-order valence-corrected chi connectivity index (χ0v) is 11.9. The standard InChI is InChI=1S/C17H24N2/c1-3-14(4-2)17(19-18)12-13-9-10-15-7-5-6-8-16(15)11-13/h5-11,14,17,19H,3-4,12,18H2,1-2H3. The number of nitrogens with one attached hydrogen (secondary N) is 1. The van der Waals surface area contributed by atoms with Crippen molar-refractivity contribution < 1.29 is 0 Å². The molecule has 2 nitrogen and oxygen atoms in total. The summed E-state index contributed by atoms with van der Waals surface area (Å²) in [5.74, 6) is 6.37. The maximum absolute atomic E-state index is 5.74. The zero-order chi connectivity index (χ0) is 13.7. The average Bonchev–Trinajstić information content (AvgIpc) is 2.47. The number of hydrogen-bond donors (Lipinski definition) is 2. The Morgan fingerprint density at radius 3 is 2.32 bits per heavy atom. The molecule has 0 aromatic heterocycles. The van der Waals surface area contributed by atoms with Gasteiger partial charge in [0.15, 0.2) is 0 Å². The molecule has 1 unspecified atom stereocenters. The van der Waals surface area contributed by atoms with Crippen LogP contribution in [0.15, 0.2) is 42.5 Å². The fourth-order valence-corrected chi connectivity index (χ4v) is 2.84. The predicted octanol–water partition coefficient (Wildman–Crippen LogP) is 3.65. The maximum atomic E-state index is 5.74. The van der Waals surface area contributed by atoms with Crippen molar-refractivity contribution in [3.63, 3.8) is 0 Å². The first-order valence-corrected chi connectivity index (χ1v) is 7.22. The molecule has 2 aromatic rings. The third-order valence-electron chi connectivity index (χ3n) is 4.10. The quantitative estimate of drug-likeness (QED) is 0.611. The van der Waals surface area contributed by atoms with Crippen molar-refractivity contribution in [2.75, 3.05) is 0 Å². The lowest BCUT2D eigenvalue weighted by Crippen LogP contribution is -2.42. The van der Waals surface area contributed by atoms with Gasteiger partial charge >= 0.3 is 0 Å². The lowest BCUT2D eigenvalue weighted by molar-refractivity contribution is 0.335. The van der Waals surface area contributed by atoms with Crippen molar-refractivity contribution in [2.45, 2.75) is 39.2 Å². The van der Waals surface area contributed by atoms with Gasteiger partial charge in [0.25, 0.3) is 0 Å². The van der Waals surface area contributed by atoms with Crippen LogP contribution in [0.5, 0.6) is 0 Å². The third kappa shape index (κ3) is 3.34. The highest BCUT2D eigenvalue weighted by atomic mass is 15.2. The Hall–Kier alpha value is -1.38. The molecule has 0 saturated carbocycles. The van der Waals surface area contributed by atoms with Gasteiger partial charge in [0.2, 0.25) is 0 Å². The normalized spacial score (nSPS) is 13.1. The summed E-state index contributed by atoms with van der Waals surface area (Å²) in [5, 5.41) is 2.60. The van der Waals surface area contributed by atoms with Gasteiger partial charge in [-0.1, -0.05) is 69.2 Å². The topological polar surface area (TPSA) is 38.0 Å². The summed E-state index contributed by atoms with van der Waals surface area (Å²) in [6.45, 7) is 4.47. The van der Waals surface area contributed by atoms with Crippen molar-refractivity contribution in [3.05, 3.63) is 48.0 Å². The molecule has 1 atom stereocenters. The van der Waals surface area contributed by atoms with E-state index in [0.717, 1.165) is 6.42 Å². The molecular formula is C17H24N2. The number of hydrogen-bond acceptors (Lipinski definition) is 2. The molecule has 0 saturated heterocycles. The molecule has 19 heavy (non-hydrogen) atoms. The summed E-state index contributed by atoms with van der Waals surface area (Å²) in [5.41, 5.74) is 4.36. The number of nitrogens with two attached hydrogens (primary N) is 1. The van der Waals surface area contributed by atoms with Crippen LogP contribution in [0.4, 0.5) is 0 Å². The van der Waals surface area contributed by atoms with Crippen LogP contribution >= 0.6 is 0 Å². The summed E-state index contributed by atoms with van der Waals surface area (Å²) >= 11 is 0. The van der Waals surface area contributed by atoms with Crippen LogP contribution in [-0.4, -0.2) is 6.04 Å². The first-order valence-electron chi connectivity index (χ1n) is 7.22. The highest BCUT2D eigenvalue weighted by Gasteiger charge is 2.17. The van der Waals surface area contributed by atoms with Crippen molar-refractivity contribution in [1.82, 2.24) is 5.43 Å². The van der Waals surface area contributed by atoms with Crippen molar-refractivity contribution >= 4 is 10.8 Å². The Bertz CT molecular complexity index is 517. The highest BCUT2D eigenvalue weighted by Crippen LogP contribution is 2.20. The first kappa shape index (κ1) is 14.0. The number of benzene rings is 2. The Morgan fingerprint density at radius 2 is 1.68 bits per heavy atom. The van der Waals surface area contributed by atoms with Crippen LogP contribution in [0.3, 0.4) is 0 Å². The summed E-state index contributed by atoms with van der Waals surface area (Å²) in [6, 6.07) is 15.5. The van der Waals surface area contributed by atoms with Crippen LogP contribution in [-0.2, 0) is 6.42 Å². The predicted molar refractivity (Wildman–Crippen MR) is 82.8 cm³/mol. The molecule has 3 N–H and O–H groups in total. The van der Waals surface area contributed by atoms with Gasteiger partial charge in [-0.2, -0.15) is 0 Å². The molecule has 0 fully saturated rings. The van der Waals surface area contributed by atoms with E-state index in [2.05, 4.69) is 61.7 Å². The van der Waals surface area contributed by atoms with E-state index in [-0.39, 0.29) is 0 Å². The first-order chi connectivity index (χ1) is 9.28. The smallest absolute Gasteiger partial charge is 0.0278 e. The molecule has 0 radical (unpaired) electrons. The Balaban J connectivity index is 2.19. The minimum absolute atomic E-state index is 0.358. The molecule has 0 aliphatic heterocycles. The maximum Gasteiger partial charge on any atom is 0.0278 e. The minimum atomic E-state index is 0.358. The Morgan fingerprint density at radius 1 is 1.00 bits per heavy atom. The second-order valence-corrected chi connectivity index (χ2v) is 5.24. The molecule has 102 valence electrons. The molecule has 0 spiro atoms. The van der Waals surface area contributed by atoms with Gasteiger partial charge in [0.05, 0.1) is 0 Å². The van der Waals surface area contributed by atoms with E-state index in [1.165, 1.54) is 29.2 Å². The van der Waals surface area contributed by atoms with Crippen molar-refractivity contribution in [2.24, 2.45) is 11.8 Å². The molecule has 2 rings (SSSR count). The van der Waals surface area contributed by atoms with Crippen LogP contribution in [0.25, 0.3) is 10.8 Å². The minimum Gasteiger partial charge on any atom is -0.271 e. The average molecular weight is 256 g/mol. The summed E-state index contributed by atoms with van der Waals surface area (Å²) < 4.78 is 0. The van der Waals surface area contributed by atoms with Gasteiger partial charge in [0.1, 0.15) is 0 Å². The van der Waals surface area contributed by atoms with E-state index in [1.54, 1.807) is 0 Å². The number of hydrazine groups is 1. The molecule has 0 amide bonds. The molecule has 0 aliphatic carbocycles. The Kier molecular flexibility index (Phi) is 4.94. The summed E-state index contributed by atoms with van der Waals surface area (Å²) in [7, 11) is 0. The molecule has 0 aliphatic rings. The largest absolute Gasteiger partial charge is 0.271 e. The van der Waals surface area contributed by atoms with Crippen molar-refractivity contribution in [3.8, 4) is 0 Å². The fourth-order valence-electron chi connectivity index (χ4n) is 2.84. The number of rotatable bonds is 6. The third-order valence-corrected chi connectivity index (χ3v) is 4.10. The second-order valence-electron chi connectivity index (χ2n) is 5.24.